The molecule has 0 saturated heterocycles. The van der Waals surface area contributed by atoms with Crippen LogP contribution in [0.3, 0.4) is 0 Å². The fourth-order valence-electron chi connectivity index (χ4n) is 3.72. The van der Waals surface area contributed by atoms with Gasteiger partial charge in [-0.1, -0.05) is 82.0 Å². The molecular weight excluding hydrogens is 292 g/mol. The second-order valence-electron chi connectivity index (χ2n) is 7.01. The molecule has 3 rings (SSSR count). The van der Waals surface area contributed by atoms with Gasteiger partial charge in [0.2, 0.25) is 0 Å². The van der Waals surface area contributed by atoms with E-state index in [4.69, 9.17) is 11.0 Å². The minimum Gasteiger partial charge on any atom is -0.389 e. The topological polar surface area (TPSA) is 20.2 Å². The van der Waals surface area contributed by atoms with Crippen molar-refractivity contribution in [3.63, 3.8) is 0 Å². The third-order valence-corrected chi connectivity index (χ3v) is 5.51. The smallest absolute Gasteiger partial charge is 0.0711 e. The van der Waals surface area contributed by atoms with Gasteiger partial charge in [0.15, 0.2) is 0 Å². The summed E-state index contributed by atoms with van der Waals surface area (Å²) in [5.74, 6) is -4.56. The standard InChI is InChI=1S/C23H32O/c1-4-23(24,5-2)21-17-19(18-11-7-6-8-12-18)13-14-20(21)22(3)15-9-10-16-22/h6-8,11-14,17,20-21,24H,4-5,9-10,15-16H2,1-3H3/t20-,21-/m0/s1/i6D,7D,8D,11D,12D,13D,14D,17D,20D,21D. The van der Waals surface area contributed by atoms with Gasteiger partial charge in [-0.05, 0) is 48.1 Å². The molecule has 24 heavy (non-hydrogen) atoms. The predicted octanol–water partition coefficient (Wildman–Crippen LogP) is 6.00. The molecule has 0 amide bonds. The molecule has 0 spiro atoms. The minimum absolute atomic E-state index is 0.000490. The van der Waals surface area contributed by atoms with Gasteiger partial charge in [0.25, 0.3) is 0 Å². The Bertz CT molecular complexity index is 1050. The molecule has 1 aromatic rings. The molecule has 0 unspecified atom stereocenters. The van der Waals surface area contributed by atoms with E-state index in [-0.39, 0.29) is 12.8 Å². The van der Waals surface area contributed by atoms with Crippen molar-refractivity contribution in [2.45, 2.75) is 64.9 Å². The molecule has 0 radical (unpaired) electrons. The Hall–Kier alpha value is -1.34. The van der Waals surface area contributed by atoms with Gasteiger partial charge in [0.05, 0.1) is 16.6 Å². The lowest BCUT2D eigenvalue weighted by Crippen LogP contribution is -2.45. The highest BCUT2D eigenvalue weighted by molar-refractivity contribution is 5.75. The summed E-state index contributed by atoms with van der Waals surface area (Å²) < 4.78 is 86.8. The first-order valence-corrected chi connectivity index (χ1v) is 8.80. The largest absolute Gasteiger partial charge is 0.389 e. The Labute approximate surface area is 161 Å². The molecule has 1 heteroatoms. The van der Waals surface area contributed by atoms with E-state index < -0.39 is 82.3 Å². The van der Waals surface area contributed by atoms with Crippen molar-refractivity contribution in [1.29, 1.82) is 0 Å². The summed E-state index contributed by atoms with van der Waals surface area (Å²) in [6, 6.07) is -5.06. The van der Waals surface area contributed by atoms with E-state index >= 15 is 0 Å². The minimum atomic E-state index is -2.41. The van der Waals surface area contributed by atoms with E-state index in [2.05, 4.69) is 0 Å². The second kappa shape index (κ2) is 6.88. The lowest BCUT2D eigenvalue weighted by Gasteiger charge is -2.46. The molecule has 2 aliphatic carbocycles. The van der Waals surface area contributed by atoms with Crippen molar-refractivity contribution in [2.24, 2.45) is 17.2 Å². The van der Waals surface area contributed by atoms with Crippen LogP contribution in [0.2, 0.25) is 0 Å². The number of benzene rings is 1. The van der Waals surface area contributed by atoms with Gasteiger partial charge in [-0.2, -0.15) is 0 Å². The molecule has 1 nitrogen and oxygen atoms in total. The van der Waals surface area contributed by atoms with Crippen LogP contribution in [0, 0.1) is 17.2 Å². The summed E-state index contributed by atoms with van der Waals surface area (Å²) in [5, 5.41) is 11.7. The number of aliphatic hydroxyl groups is 1. The van der Waals surface area contributed by atoms with E-state index in [9.17, 15) is 7.85 Å². The molecule has 0 heterocycles. The zero-order chi connectivity index (χ0) is 26.0. The number of hydrogen-bond donors (Lipinski definition) is 1. The summed E-state index contributed by atoms with van der Waals surface area (Å²) in [5.41, 5.74) is -3.80. The van der Waals surface area contributed by atoms with Gasteiger partial charge in [0, 0.05) is 8.64 Å². The van der Waals surface area contributed by atoms with E-state index in [1.165, 1.54) is 0 Å². The molecule has 1 saturated carbocycles. The summed E-state index contributed by atoms with van der Waals surface area (Å²) >= 11 is 0. The first kappa shape index (κ1) is 8.85. The highest BCUT2D eigenvalue weighted by atomic mass is 16.3. The van der Waals surface area contributed by atoms with Gasteiger partial charge in [-0.3, -0.25) is 0 Å². The molecule has 0 aliphatic heterocycles. The van der Waals surface area contributed by atoms with E-state index in [1.54, 1.807) is 20.8 Å². The van der Waals surface area contributed by atoms with Crippen LogP contribution in [0.5, 0.6) is 0 Å². The van der Waals surface area contributed by atoms with Crippen LogP contribution >= 0.6 is 0 Å². The summed E-state index contributed by atoms with van der Waals surface area (Å²) in [6.07, 6.45) is 2.51. The molecule has 1 fully saturated rings. The fourth-order valence-corrected chi connectivity index (χ4v) is 3.72. The zero-order valence-electron chi connectivity index (χ0n) is 24.7. The third-order valence-electron chi connectivity index (χ3n) is 5.51. The maximum atomic E-state index is 11.7. The fraction of sp³-hybridized carbons (Fsp3) is 0.565. The van der Waals surface area contributed by atoms with Gasteiger partial charge in [-0.25, -0.2) is 0 Å². The highest BCUT2D eigenvalue weighted by Crippen LogP contribution is 2.52. The second-order valence-corrected chi connectivity index (χ2v) is 7.01. The van der Waals surface area contributed by atoms with Crippen molar-refractivity contribution in [3.05, 3.63) is 53.9 Å². The molecule has 2 aliphatic rings. The van der Waals surface area contributed by atoms with Crippen LogP contribution < -0.4 is 0 Å². The number of hydrogen-bond acceptors (Lipinski definition) is 1. The molecule has 1 aromatic carbocycles. The third kappa shape index (κ3) is 3.11. The normalized spacial score (nSPS) is 39.7. The van der Waals surface area contributed by atoms with Gasteiger partial charge < -0.3 is 5.11 Å². The van der Waals surface area contributed by atoms with Crippen molar-refractivity contribution in [1.82, 2.24) is 0 Å². The maximum Gasteiger partial charge on any atom is 0.0711 e. The van der Waals surface area contributed by atoms with Crippen LogP contribution in [0.1, 0.15) is 78.6 Å². The van der Waals surface area contributed by atoms with E-state index in [0.717, 1.165) is 12.8 Å². The van der Waals surface area contributed by atoms with Gasteiger partial charge in [0.1, 0.15) is 0 Å². The van der Waals surface area contributed by atoms with Crippen LogP contribution in [0.4, 0.5) is 0 Å². The van der Waals surface area contributed by atoms with E-state index in [1.807, 2.05) is 0 Å². The lowest BCUT2D eigenvalue weighted by molar-refractivity contribution is -0.0428. The van der Waals surface area contributed by atoms with Crippen LogP contribution in [0.15, 0.2) is 48.4 Å². The van der Waals surface area contributed by atoms with Crippen molar-refractivity contribution in [3.8, 4) is 0 Å². The maximum absolute atomic E-state index is 11.7. The highest BCUT2D eigenvalue weighted by Gasteiger charge is 2.46. The quantitative estimate of drug-likeness (QED) is 0.699. The average Bonchev–Trinajstić information content (AvgIpc) is 3.28. The first-order chi connectivity index (χ1) is 15.6. The Kier molecular flexibility index (Phi) is 2.54. The van der Waals surface area contributed by atoms with Crippen molar-refractivity contribution < 1.29 is 18.8 Å². The van der Waals surface area contributed by atoms with Crippen LogP contribution in [-0.4, -0.2) is 10.7 Å². The molecule has 1 N–H and O–H groups in total. The lowest BCUT2D eigenvalue weighted by atomic mass is 9.61. The average molecular weight is 335 g/mol. The Morgan fingerprint density at radius 1 is 1.21 bits per heavy atom. The van der Waals surface area contributed by atoms with Crippen molar-refractivity contribution >= 4 is 5.57 Å². The monoisotopic (exact) mass is 334 g/mol. The predicted molar refractivity (Wildman–Crippen MR) is 103 cm³/mol. The number of allylic oxidation sites excluding steroid dienone is 3. The van der Waals surface area contributed by atoms with Gasteiger partial charge >= 0.3 is 0 Å². The Morgan fingerprint density at radius 2 is 1.83 bits per heavy atom. The Morgan fingerprint density at radius 3 is 2.42 bits per heavy atom. The van der Waals surface area contributed by atoms with Gasteiger partial charge in [-0.15, -0.1) is 0 Å². The molecule has 2 atom stereocenters. The van der Waals surface area contributed by atoms with Crippen LogP contribution in [0.25, 0.3) is 5.57 Å². The number of rotatable bonds is 5. The molecule has 0 aromatic heterocycles. The van der Waals surface area contributed by atoms with Crippen molar-refractivity contribution in [2.75, 3.05) is 0 Å². The molecular formula is C23H32O. The Balaban J connectivity index is 2.54. The SMILES string of the molecule is [2H]C1=C([2H])[C@]([2H])(C2(C)CCCC2)[C@@]([2H])(C(O)(CC)CC)C([2H])=C1c1c([2H])c([2H])c([2H])c([2H])c1[2H]. The zero-order valence-corrected chi connectivity index (χ0v) is 14.7. The summed E-state index contributed by atoms with van der Waals surface area (Å²) in [4.78, 5) is 0. The summed E-state index contributed by atoms with van der Waals surface area (Å²) in [6.45, 7) is 5.04. The molecule has 130 valence electrons. The van der Waals surface area contributed by atoms with Crippen LogP contribution in [-0.2, 0) is 0 Å². The first-order valence-electron chi connectivity index (χ1n) is 13.8. The van der Waals surface area contributed by atoms with E-state index in [0.29, 0.717) is 12.8 Å². The summed E-state index contributed by atoms with van der Waals surface area (Å²) in [7, 11) is 0. The molecule has 0 bridgehead atoms.